The average molecular weight is 659 g/mol. The number of hydrogen-bond donors (Lipinski definition) is 4. The van der Waals surface area contributed by atoms with Crippen molar-refractivity contribution in [3.05, 3.63) is 102 Å². The van der Waals surface area contributed by atoms with Gasteiger partial charge in [0.15, 0.2) is 0 Å². The fourth-order valence-corrected chi connectivity index (χ4v) is 6.94. The molecule has 13 nitrogen and oxygen atoms in total. The lowest BCUT2D eigenvalue weighted by atomic mass is 10.0. The Balaban J connectivity index is 1.40. The zero-order chi connectivity index (χ0) is 33.2. The average Bonchev–Trinajstić information content (AvgIpc) is 3.61. The van der Waals surface area contributed by atoms with Crippen LogP contribution in [0.4, 0.5) is 5.69 Å². The highest BCUT2D eigenvalue weighted by atomic mass is 32.2. The summed E-state index contributed by atoms with van der Waals surface area (Å²) in [4.78, 5) is 43.7. The van der Waals surface area contributed by atoms with Gasteiger partial charge in [-0.15, -0.1) is 0 Å². The number of pyridine rings is 1. The first-order valence-electron chi connectivity index (χ1n) is 15.4. The number of carbonyl (C=O) groups is 3. The number of nitrogens with zero attached hydrogens (tertiary/aromatic N) is 4. The summed E-state index contributed by atoms with van der Waals surface area (Å²) in [6, 6.07) is 18.4. The molecule has 0 fully saturated rings. The van der Waals surface area contributed by atoms with Crippen LogP contribution >= 0.6 is 0 Å². The molecular formula is C33H38N8O5S. The van der Waals surface area contributed by atoms with Gasteiger partial charge in [-0.05, 0) is 54.8 Å². The molecule has 1 aliphatic heterocycles. The van der Waals surface area contributed by atoms with Crippen molar-refractivity contribution in [3.63, 3.8) is 0 Å². The molecule has 246 valence electrons. The normalized spacial score (nSPS) is 17.6. The fourth-order valence-electron chi connectivity index (χ4n) is 5.22. The number of hydrogen-bond acceptors (Lipinski definition) is 8. The summed E-state index contributed by atoms with van der Waals surface area (Å²) < 4.78 is 31.1. The Kier molecular flexibility index (Phi) is 11.0. The van der Waals surface area contributed by atoms with E-state index >= 15 is 0 Å². The van der Waals surface area contributed by atoms with Gasteiger partial charge < -0.3 is 21.3 Å². The van der Waals surface area contributed by atoms with E-state index in [1.807, 2.05) is 30.3 Å². The number of carbonyl (C=O) groups excluding carboxylic acids is 3. The van der Waals surface area contributed by atoms with Crippen LogP contribution in [-0.2, 0) is 26.0 Å². The number of nitrogens with one attached hydrogen (secondary N) is 4. The summed E-state index contributed by atoms with van der Waals surface area (Å²) in [6.07, 6.45) is 5.42. The summed E-state index contributed by atoms with van der Waals surface area (Å²) in [7, 11) is -4.06. The summed E-state index contributed by atoms with van der Waals surface area (Å²) >= 11 is 0. The molecule has 1 atom stereocenters. The van der Waals surface area contributed by atoms with Gasteiger partial charge in [0, 0.05) is 69.8 Å². The maximum atomic E-state index is 14.1. The van der Waals surface area contributed by atoms with Gasteiger partial charge in [-0.1, -0.05) is 36.4 Å². The maximum Gasteiger partial charge on any atom is 0.270 e. The molecule has 0 saturated carbocycles. The zero-order valence-electron chi connectivity index (χ0n) is 26.1. The van der Waals surface area contributed by atoms with Gasteiger partial charge >= 0.3 is 0 Å². The number of aromatic nitrogens is 3. The van der Waals surface area contributed by atoms with Crippen molar-refractivity contribution in [2.75, 3.05) is 38.0 Å². The van der Waals surface area contributed by atoms with Gasteiger partial charge in [0.25, 0.3) is 5.91 Å². The van der Waals surface area contributed by atoms with Crippen molar-refractivity contribution in [1.82, 2.24) is 35.0 Å². The molecule has 3 amide bonds. The van der Waals surface area contributed by atoms with Crippen molar-refractivity contribution in [2.45, 2.75) is 37.1 Å². The van der Waals surface area contributed by atoms with Crippen molar-refractivity contribution in [1.29, 1.82) is 0 Å². The first-order chi connectivity index (χ1) is 22.7. The molecule has 2 aromatic heterocycles. The van der Waals surface area contributed by atoms with Crippen molar-refractivity contribution in [2.24, 2.45) is 0 Å². The van der Waals surface area contributed by atoms with E-state index in [9.17, 15) is 22.8 Å². The molecule has 2 bridgehead atoms. The Labute approximate surface area is 273 Å². The summed E-state index contributed by atoms with van der Waals surface area (Å²) in [5, 5.41) is 15.8. The van der Waals surface area contributed by atoms with Gasteiger partial charge in [0.2, 0.25) is 21.8 Å². The molecular weight excluding hydrogens is 620 g/mol. The standard InChI is InChI=1S/C33H38N8O5S/c1-24-10-11-27(41-19-6-13-38-41)23-30(24)47(45,46)40-18-5-9-31(42)36-16-15-34-26-12-14-35-28(22-26)33(44)39-29(32(43)37-17-20-40)21-25-7-3-2-4-8-25/h2-4,6-8,10-14,19,22-23,29,34H,5,9,15-18,20-21H2,1H3,(H,36,42)(H,37,43)(H,39,44)/t29-/m0/s1. The summed E-state index contributed by atoms with van der Waals surface area (Å²) in [5.41, 5.74) is 2.72. The topological polar surface area (TPSA) is 167 Å². The lowest BCUT2D eigenvalue weighted by Gasteiger charge is -2.24. The Morgan fingerprint density at radius 2 is 1.68 bits per heavy atom. The minimum Gasteiger partial charge on any atom is -0.383 e. The molecule has 4 N–H and O–H groups in total. The number of sulfonamides is 1. The van der Waals surface area contributed by atoms with Crippen LogP contribution in [-0.4, -0.2) is 84.0 Å². The van der Waals surface area contributed by atoms with Crippen LogP contribution in [0.25, 0.3) is 5.69 Å². The van der Waals surface area contributed by atoms with Gasteiger partial charge in [0.1, 0.15) is 11.7 Å². The van der Waals surface area contributed by atoms with E-state index < -0.39 is 27.9 Å². The predicted octanol–water partition coefficient (Wildman–Crippen LogP) is 2.05. The Hall–Kier alpha value is -5.08. The molecule has 14 heteroatoms. The molecule has 3 heterocycles. The molecule has 0 aliphatic carbocycles. The highest BCUT2D eigenvalue weighted by molar-refractivity contribution is 7.89. The van der Waals surface area contributed by atoms with E-state index in [4.69, 9.17) is 0 Å². The number of benzene rings is 2. The number of rotatable bonds is 5. The number of amides is 3. The SMILES string of the molecule is Cc1ccc(-n2cccn2)cc1S(=O)(=O)N1CCCC(=O)NCCNc2ccnc(c2)C(=O)N[C@@H](Cc2ccccc2)C(=O)NCC1. The molecule has 4 aromatic rings. The van der Waals surface area contributed by atoms with E-state index in [2.05, 4.69) is 31.3 Å². The molecule has 0 radical (unpaired) electrons. The second-order valence-electron chi connectivity index (χ2n) is 11.1. The van der Waals surface area contributed by atoms with Crippen molar-refractivity contribution in [3.8, 4) is 5.69 Å². The molecule has 47 heavy (non-hydrogen) atoms. The Morgan fingerprint density at radius 1 is 0.872 bits per heavy atom. The predicted molar refractivity (Wildman–Crippen MR) is 176 cm³/mol. The second-order valence-corrected chi connectivity index (χ2v) is 13.0. The molecule has 0 saturated heterocycles. The van der Waals surface area contributed by atoms with Crippen LogP contribution in [0, 0.1) is 6.92 Å². The van der Waals surface area contributed by atoms with Crippen LogP contribution in [0.1, 0.15) is 34.5 Å². The smallest absolute Gasteiger partial charge is 0.270 e. The highest BCUT2D eigenvalue weighted by Crippen LogP contribution is 2.23. The number of fused-ring (bicyclic) bond motifs is 2. The maximum absolute atomic E-state index is 14.1. The van der Waals surface area contributed by atoms with Crippen LogP contribution in [0.3, 0.4) is 0 Å². The van der Waals surface area contributed by atoms with E-state index in [0.717, 1.165) is 5.56 Å². The first kappa shape index (κ1) is 33.3. The Bertz CT molecular complexity index is 1800. The monoisotopic (exact) mass is 658 g/mol. The van der Waals surface area contributed by atoms with Crippen LogP contribution in [0.5, 0.6) is 0 Å². The van der Waals surface area contributed by atoms with Gasteiger partial charge in [-0.25, -0.2) is 13.1 Å². The lowest BCUT2D eigenvalue weighted by molar-refractivity contribution is -0.123. The molecule has 2 aromatic carbocycles. The van der Waals surface area contributed by atoms with E-state index in [1.165, 1.54) is 10.5 Å². The van der Waals surface area contributed by atoms with Gasteiger partial charge in [-0.2, -0.15) is 9.40 Å². The Morgan fingerprint density at radius 3 is 2.47 bits per heavy atom. The van der Waals surface area contributed by atoms with E-state index in [1.54, 1.807) is 60.4 Å². The zero-order valence-corrected chi connectivity index (χ0v) is 26.9. The van der Waals surface area contributed by atoms with Crippen LogP contribution in [0.15, 0.2) is 90.2 Å². The van der Waals surface area contributed by atoms with Crippen LogP contribution in [0.2, 0.25) is 0 Å². The highest BCUT2D eigenvalue weighted by Gasteiger charge is 2.28. The van der Waals surface area contributed by atoms with Crippen molar-refractivity contribution >= 4 is 33.4 Å². The lowest BCUT2D eigenvalue weighted by Crippen LogP contribution is -2.50. The van der Waals surface area contributed by atoms with E-state index in [-0.39, 0.29) is 55.4 Å². The van der Waals surface area contributed by atoms with Gasteiger partial charge in [0.05, 0.1) is 10.6 Å². The largest absolute Gasteiger partial charge is 0.383 e. The van der Waals surface area contributed by atoms with Crippen LogP contribution < -0.4 is 21.3 Å². The summed E-state index contributed by atoms with van der Waals surface area (Å²) in [5.74, 6) is -1.22. The quantitative estimate of drug-likeness (QED) is 0.253. The minimum atomic E-state index is -4.06. The molecule has 5 rings (SSSR count). The third kappa shape index (κ3) is 8.80. The van der Waals surface area contributed by atoms with Gasteiger partial charge in [-0.3, -0.25) is 19.4 Å². The number of aryl methyl sites for hydroxylation is 1. The van der Waals surface area contributed by atoms with E-state index in [0.29, 0.717) is 30.0 Å². The third-order valence-corrected chi connectivity index (χ3v) is 9.74. The summed E-state index contributed by atoms with van der Waals surface area (Å²) in [6.45, 7) is 2.40. The molecule has 1 aliphatic rings. The fraction of sp³-hybridized carbons (Fsp3) is 0.303. The molecule has 0 unspecified atom stereocenters. The second kappa shape index (κ2) is 15.5. The number of anilines is 1. The first-order valence-corrected chi connectivity index (χ1v) is 16.8. The minimum absolute atomic E-state index is 0.0268. The van der Waals surface area contributed by atoms with Crippen molar-refractivity contribution < 1.29 is 22.8 Å². The third-order valence-electron chi connectivity index (χ3n) is 7.70. The molecule has 0 spiro atoms.